The van der Waals surface area contributed by atoms with E-state index in [1.807, 2.05) is 42.2 Å². The Morgan fingerprint density at radius 1 is 1.19 bits per heavy atom. The number of hydrogen-bond donors (Lipinski definition) is 1. The van der Waals surface area contributed by atoms with Gasteiger partial charge in [0.1, 0.15) is 0 Å². The summed E-state index contributed by atoms with van der Waals surface area (Å²) >= 11 is 0. The first-order chi connectivity index (χ1) is 15.0. The van der Waals surface area contributed by atoms with E-state index in [1.54, 1.807) is 30.4 Å². The summed E-state index contributed by atoms with van der Waals surface area (Å²) < 4.78 is 0. The van der Waals surface area contributed by atoms with Crippen LogP contribution in [0.1, 0.15) is 37.8 Å². The number of anilines is 2. The maximum absolute atomic E-state index is 13.0. The highest BCUT2D eigenvalue weighted by atomic mass is 16.2. The fourth-order valence-electron chi connectivity index (χ4n) is 4.00. The zero-order valence-electron chi connectivity index (χ0n) is 17.9. The van der Waals surface area contributed by atoms with E-state index in [1.165, 1.54) is 6.20 Å². The average Bonchev–Trinajstić information content (AvgIpc) is 3.61. The summed E-state index contributed by atoms with van der Waals surface area (Å²) in [6.07, 6.45) is 8.60. The SMILES string of the molecule is CC(=O)N1c2ccc(C(C=NCc3ccncc3)=CN)cc2N(C(=O)C2CC2)C[C@@H]1C. The summed E-state index contributed by atoms with van der Waals surface area (Å²) in [5.74, 6) is 0.200. The minimum absolute atomic E-state index is 0.0338. The molecule has 1 atom stereocenters. The van der Waals surface area contributed by atoms with Gasteiger partial charge in [0.2, 0.25) is 11.8 Å². The van der Waals surface area contributed by atoms with Crippen LogP contribution in [0.25, 0.3) is 5.57 Å². The molecule has 2 aromatic rings. The van der Waals surface area contributed by atoms with E-state index in [0.717, 1.165) is 40.9 Å². The van der Waals surface area contributed by atoms with Crippen molar-refractivity contribution in [2.45, 2.75) is 39.3 Å². The highest BCUT2D eigenvalue weighted by Crippen LogP contribution is 2.41. The molecular formula is C24H27N5O2. The van der Waals surface area contributed by atoms with Crippen molar-refractivity contribution in [2.75, 3.05) is 16.3 Å². The first kappa shape index (κ1) is 20.8. The smallest absolute Gasteiger partial charge is 0.230 e. The van der Waals surface area contributed by atoms with Crippen molar-refractivity contribution >= 4 is 35.0 Å². The molecule has 1 saturated carbocycles. The van der Waals surface area contributed by atoms with Crippen LogP contribution >= 0.6 is 0 Å². The fraction of sp³-hybridized carbons (Fsp3) is 0.333. The lowest BCUT2D eigenvalue weighted by Gasteiger charge is -2.41. The molecular weight excluding hydrogens is 390 g/mol. The van der Waals surface area contributed by atoms with Crippen LogP contribution in [-0.4, -0.2) is 35.6 Å². The minimum Gasteiger partial charge on any atom is -0.404 e. The Bertz CT molecular complexity index is 1040. The van der Waals surface area contributed by atoms with Gasteiger partial charge in [-0.2, -0.15) is 0 Å². The molecule has 0 radical (unpaired) electrons. The summed E-state index contributed by atoms with van der Waals surface area (Å²) in [7, 11) is 0. The number of benzene rings is 1. The van der Waals surface area contributed by atoms with Gasteiger partial charge in [0, 0.05) is 49.8 Å². The van der Waals surface area contributed by atoms with Gasteiger partial charge in [-0.25, -0.2) is 0 Å². The average molecular weight is 418 g/mol. The zero-order valence-corrected chi connectivity index (χ0v) is 17.9. The molecule has 2 N–H and O–H groups in total. The quantitative estimate of drug-likeness (QED) is 0.757. The Morgan fingerprint density at radius 3 is 2.58 bits per heavy atom. The molecule has 7 heteroatoms. The van der Waals surface area contributed by atoms with Gasteiger partial charge >= 0.3 is 0 Å². The van der Waals surface area contributed by atoms with Crippen molar-refractivity contribution in [1.29, 1.82) is 0 Å². The van der Waals surface area contributed by atoms with Crippen LogP contribution in [0.3, 0.4) is 0 Å². The molecule has 0 bridgehead atoms. The van der Waals surface area contributed by atoms with Crippen LogP contribution in [0.2, 0.25) is 0 Å². The van der Waals surface area contributed by atoms with Crippen LogP contribution in [0.5, 0.6) is 0 Å². The molecule has 0 saturated heterocycles. The van der Waals surface area contributed by atoms with Crippen molar-refractivity contribution in [2.24, 2.45) is 16.6 Å². The normalized spacial score (nSPS) is 18.9. The van der Waals surface area contributed by atoms with Crippen molar-refractivity contribution in [3.05, 3.63) is 60.1 Å². The van der Waals surface area contributed by atoms with Crippen molar-refractivity contribution in [3.8, 4) is 0 Å². The highest BCUT2D eigenvalue weighted by Gasteiger charge is 2.39. The van der Waals surface area contributed by atoms with Gasteiger partial charge < -0.3 is 15.5 Å². The maximum Gasteiger partial charge on any atom is 0.230 e. The van der Waals surface area contributed by atoms with E-state index in [9.17, 15) is 9.59 Å². The van der Waals surface area contributed by atoms with Crippen LogP contribution in [0.4, 0.5) is 11.4 Å². The molecule has 4 rings (SSSR count). The lowest BCUT2D eigenvalue weighted by Crippen LogP contribution is -2.51. The zero-order chi connectivity index (χ0) is 22.0. The van der Waals surface area contributed by atoms with Crippen LogP contribution < -0.4 is 15.5 Å². The molecule has 0 spiro atoms. The molecule has 2 amide bonds. The third kappa shape index (κ3) is 4.35. The second-order valence-electron chi connectivity index (χ2n) is 8.11. The molecule has 1 aromatic carbocycles. The monoisotopic (exact) mass is 417 g/mol. The van der Waals surface area contributed by atoms with Crippen molar-refractivity contribution in [3.63, 3.8) is 0 Å². The van der Waals surface area contributed by atoms with E-state index in [4.69, 9.17) is 5.73 Å². The standard InChI is InChI=1S/C24H27N5O2/c1-16-15-28(24(31)19-3-4-19)23-11-20(5-6-22(23)29(16)17(2)30)21(12-25)14-27-13-18-7-9-26-10-8-18/h5-12,14,16,19H,3-4,13,15,25H2,1-2H3/t16-/m0/s1. The molecule has 7 nitrogen and oxygen atoms in total. The molecule has 31 heavy (non-hydrogen) atoms. The van der Waals surface area contributed by atoms with Gasteiger partial charge in [0.05, 0.1) is 24.0 Å². The summed E-state index contributed by atoms with van der Waals surface area (Å²) in [4.78, 5) is 37.4. The Balaban J connectivity index is 1.66. The lowest BCUT2D eigenvalue weighted by molar-refractivity contribution is -0.120. The number of aromatic nitrogens is 1. The number of amides is 2. The highest BCUT2D eigenvalue weighted by molar-refractivity contribution is 6.11. The molecule has 2 heterocycles. The molecule has 1 aromatic heterocycles. The van der Waals surface area contributed by atoms with Gasteiger partial charge in [0.15, 0.2) is 0 Å². The molecule has 1 fully saturated rings. The predicted molar refractivity (Wildman–Crippen MR) is 123 cm³/mol. The van der Waals surface area contributed by atoms with Gasteiger partial charge in [-0.3, -0.25) is 19.6 Å². The third-order valence-corrected chi connectivity index (χ3v) is 5.71. The summed E-state index contributed by atoms with van der Waals surface area (Å²) in [6.45, 7) is 4.54. The Kier molecular flexibility index (Phi) is 5.84. The number of nitrogens with two attached hydrogens (primary N) is 1. The van der Waals surface area contributed by atoms with Crippen LogP contribution in [0.15, 0.2) is 53.9 Å². The van der Waals surface area contributed by atoms with Gasteiger partial charge in [-0.1, -0.05) is 6.07 Å². The number of nitrogens with zero attached hydrogens (tertiary/aromatic N) is 4. The second kappa shape index (κ2) is 8.71. The number of carbonyl (C=O) groups is 2. The second-order valence-corrected chi connectivity index (χ2v) is 8.11. The van der Waals surface area contributed by atoms with Crippen LogP contribution in [-0.2, 0) is 16.1 Å². The molecule has 0 unspecified atom stereocenters. The van der Waals surface area contributed by atoms with Gasteiger partial charge in [-0.05, 0) is 55.2 Å². The summed E-state index contributed by atoms with van der Waals surface area (Å²) in [5.41, 5.74) is 10.1. The lowest BCUT2D eigenvalue weighted by atomic mass is 10.0. The molecule has 2 aliphatic rings. The number of allylic oxidation sites excluding steroid dienone is 1. The van der Waals surface area contributed by atoms with E-state index in [2.05, 4.69) is 9.98 Å². The van der Waals surface area contributed by atoms with E-state index >= 15 is 0 Å². The Morgan fingerprint density at radius 2 is 1.94 bits per heavy atom. The van der Waals surface area contributed by atoms with Gasteiger partial charge in [0.25, 0.3) is 0 Å². The number of rotatable bonds is 5. The van der Waals surface area contributed by atoms with Crippen molar-refractivity contribution in [1.82, 2.24) is 4.98 Å². The van der Waals surface area contributed by atoms with E-state index < -0.39 is 0 Å². The third-order valence-electron chi connectivity index (χ3n) is 5.71. The number of pyridine rings is 1. The van der Waals surface area contributed by atoms with E-state index in [-0.39, 0.29) is 23.8 Å². The van der Waals surface area contributed by atoms with Crippen LogP contribution in [0, 0.1) is 5.92 Å². The van der Waals surface area contributed by atoms with Gasteiger partial charge in [-0.15, -0.1) is 0 Å². The number of hydrogen-bond acceptors (Lipinski definition) is 5. The first-order valence-corrected chi connectivity index (χ1v) is 10.6. The Labute approximate surface area is 182 Å². The molecule has 1 aliphatic heterocycles. The summed E-state index contributed by atoms with van der Waals surface area (Å²) in [6, 6.07) is 9.51. The molecule has 160 valence electrons. The predicted octanol–water partition coefficient (Wildman–Crippen LogP) is 3.15. The number of carbonyl (C=O) groups excluding carboxylic acids is 2. The van der Waals surface area contributed by atoms with E-state index in [0.29, 0.717) is 13.1 Å². The Hall–Kier alpha value is -3.48. The maximum atomic E-state index is 13.0. The van der Waals surface area contributed by atoms with Crippen molar-refractivity contribution < 1.29 is 9.59 Å². The topological polar surface area (TPSA) is 91.9 Å². The first-order valence-electron chi connectivity index (χ1n) is 10.6. The number of aliphatic imine (C=N–C) groups is 1. The minimum atomic E-state index is -0.0787. The largest absolute Gasteiger partial charge is 0.404 e. The summed E-state index contributed by atoms with van der Waals surface area (Å²) in [5, 5.41) is 0. The molecule has 1 aliphatic carbocycles. The fourth-order valence-corrected chi connectivity index (χ4v) is 4.00. The number of fused-ring (bicyclic) bond motifs is 1.